The number of rotatable bonds is 4. The lowest BCUT2D eigenvalue weighted by Crippen LogP contribution is -2.26. The molecule has 0 radical (unpaired) electrons. The van der Waals surface area contributed by atoms with E-state index in [2.05, 4.69) is 10.3 Å². The number of hydrogen-bond donors (Lipinski definition) is 2. The molecule has 6 heteroatoms. The maximum absolute atomic E-state index is 11.4. The molecule has 0 aromatic carbocycles. The Morgan fingerprint density at radius 1 is 1.60 bits per heavy atom. The Bertz CT molecular complexity index is 377. The van der Waals surface area contributed by atoms with Crippen LogP contribution in [0.5, 0.6) is 0 Å². The van der Waals surface area contributed by atoms with Gasteiger partial charge in [-0.2, -0.15) is 0 Å². The van der Waals surface area contributed by atoms with Crippen molar-refractivity contribution in [3.8, 4) is 0 Å². The molecular formula is C9H10N2O3S. The summed E-state index contributed by atoms with van der Waals surface area (Å²) in [5, 5.41) is 13.2. The highest BCUT2D eigenvalue weighted by Crippen LogP contribution is 2.38. The van der Waals surface area contributed by atoms with Crippen LogP contribution in [0.4, 0.5) is 0 Å². The summed E-state index contributed by atoms with van der Waals surface area (Å²) in [5.41, 5.74) is 2.50. The van der Waals surface area contributed by atoms with Crippen LogP contribution in [0, 0.1) is 11.8 Å². The SMILES string of the molecule is O=C(O)C1CC1C(=O)NCc1cscn1. The average molecular weight is 226 g/mol. The monoisotopic (exact) mass is 226 g/mol. The van der Waals surface area contributed by atoms with Crippen molar-refractivity contribution in [2.45, 2.75) is 13.0 Å². The first kappa shape index (κ1) is 10.1. The molecule has 1 saturated carbocycles. The molecular weight excluding hydrogens is 216 g/mol. The molecule has 1 fully saturated rings. The third kappa shape index (κ3) is 2.33. The van der Waals surface area contributed by atoms with Gasteiger partial charge >= 0.3 is 5.97 Å². The quantitative estimate of drug-likeness (QED) is 0.782. The number of aromatic nitrogens is 1. The summed E-state index contributed by atoms with van der Waals surface area (Å²) in [6.45, 7) is 0.380. The zero-order valence-electron chi connectivity index (χ0n) is 7.84. The summed E-state index contributed by atoms with van der Waals surface area (Å²) in [6.07, 6.45) is 0.457. The number of carbonyl (C=O) groups excluding carboxylic acids is 1. The molecule has 2 atom stereocenters. The molecule has 1 aromatic heterocycles. The summed E-state index contributed by atoms with van der Waals surface area (Å²) >= 11 is 1.46. The molecule has 0 aliphatic heterocycles. The van der Waals surface area contributed by atoms with E-state index in [9.17, 15) is 9.59 Å². The van der Waals surface area contributed by atoms with Crippen LogP contribution in [-0.2, 0) is 16.1 Å². The first-order chi connectivity index (χ1) is 7.18. The van der Waals surface area contributed by atoms with E-state index in [1.807, 2.05) is 5.38 Å². The van der Waals surface area contributed by atoms with Gasteiger partial charge in [0.15, 0.2) is 0 Å². The van der Waals surface area contributed by atoms with Gasteiger partial charge in [-0.05, 0) is 6.42 Å². The molecule has 1 aliphatic carbocycles. The molecule has 1 amide bonds. The van der Waals surface area contributed by atoms with Crippen molar-refractivity contribution in [3.63, 3.8) is 0 Å². The van der Waals surface area contributed by atoms with Gasteiger partial charge in [0.05, 0.1) is 29.6 Å². The highest BCUT2D eigenvalue weighted by atomic mass is 32.1. The molecule has 80 valence electrons. The third-order valence-corrected chi connectivity index (χ3v) is 3.01. The van der Waals surface area contributed by atoms with Gasteiger partial charge in [0.25, 0.3) is 0 Å². The van der Waals surface area contributed by atoms with Gasteiger partial charge in [0.1, 0.15) is 0 Å². The van der Waals surface area contributed by atoms with E-state index in [1.165, 1.54) is 11.3 Å². The average Bonchev–Trinajstić information content (AvgIpc) is 2.85. The van der Waals surface area contributed by atoms with Crippen LogP contribution >= 0.6 is 11.3 Å². The van der Waals surface area contributed by atoms with E-state index in [-0.39, 0.29) is 11.8 Å². The van der Waals surface area contributed by atoms with Crippen LogP contribution in [0.25, 0.3) is 0 Å². The van der Waals surface area contributed by atoms with Crippen molar-refractivity contribution in [1.29, 1.82) is 0 Å². The molecule has 15 heavy (non-hydrogen) atoms. The Morgan fingerprint density at radius 2 is 2.40 bits per heavy atom. The van der Waals surface area contributed by atoms with Crippen LogP contribution in [0.1, 0.15) is 12.1 Å². The number of carboxylic acid groups (broad SMARTS) is 1. The molecule has 0 bridgehead atoms. The van der Waals surface area contributed by atoms with Crippen molar-refractivity contribution in [2.24, 2.45) is 11.8 Å². The predicted octanol–water partition coefficient (Wildman–Crippen LogP) is 0.480. The molecule has 2 rings (SSSR count). The third-order valence-electron chi connectivity index (χ3n) is 2.37. The fourth-order valence-electron chi connectivity index (χ4n) is 1.39. The van der Waals surface area contributed by atoms with E-state index in [0.29, 0.717) is 13.0 Å². The first-order valence-corrected chi connectivity index (χ1v) is 5.50. The molecule has 1 heterocycles. The molecule has 1 aliphatic rings. The van der Waals surface area contributed by atoms with Crippen LogP contribution in [0.3, 0.4) is 0 Å². The Morgan fingerprint density at radius 3 is 2.93 bits per heavy atom. The van der Waals surface area contributed by atoms with Crippen LogP contribution in [-0.4, -0.2) is 22.0 Å². The maximum Gasteiger partial charge on any atom is 0.307 e. The zero-order chi connectivity index (χ0) is 10.8. The van der Waals surface area contributed by atoms with Crippen LogP contribution < -0.4 is 5.32 Å². The van der Waals surface area contributed by atoms with Crippen molar-refractivity contribution in [3.05, 3.63) is 16.6 Å². The van der Waals surface area contributed by atoms with E-state index < -0.39 is 11.9 Å². The summed E-state index contributed by atoms with van der Waals surface area (Å²) < 4.78 is 0. The Balaban J connectivity index is 1.77. The molecule has 1 aromatic rings. The molecule has 5 nitrogen and oxygen atoms in total. The summed E-state index contributed by atoms with van der Waals surface area (Å²) in [6, 6.07) is 0. The topological polar surface area (TPSA) is 79.3 Å². The maximum atomic E-state index is 11.4. The lowest BCUT2D eigenvalue weighted by atomic mass is 10.3. The second kappa shape index (κ2) is 3.98. The number of hydrogen-bond acceptors (Lipinski definition) is 4. The fourth-order valence-corrected chi connectivity index (χ4v) is 1.95. The van der Waals surface area contributed by atoms with Crippen molar-refractivity contribution in [1.82, 2.24) is 10.3 Å². The van der Waals surface area contributed by atoms with Gasteiger partial charge in [0, 0.05) is 5.38 Å². The zero-order valence-corrected chi connectivity index (χ0v) is 8.66. The van der Waals surface area contributed by atoms with Crippen molar-refractivity contribution in [2.75, 3.05) is 0 Å². The normalized spacial score (nSPS) is 23.5. The predicted molar refractivity (Wildman–Crippen MR) is 53.2 cm³/mol. The van der Waals surface area contributed by atoms with E-state index in [4.69, 9.17) is 5.11 Å². The van der Waals surface area contributed by atoms with Gasteiger partial charge in [0.2, 0.25) is 5.91 Å². The lowest BCUT2D eigenvalue weighted by Gasteiger charge is -2.00. The number of thiazole rings is 1. The van der Waals surface area contributed by atoms with E-state index >= 15 is 0 Å². The molecule has 0 spiro atoms. The minimum atomic E-state index is -0.885. The highest BCUT2D eigenvalue weighted by molar-refractivity contribution is 7.07. The molecule has 2 N–H and O–H groups in total. The second-order valence-electron chi connectivity index (χ2n) is 3.48. The van der Waals surface area contributed by atoms with Crippen LogP contribution in [0.15, 0.2) is 10.9 Å². The molecule has 0 saturated heterocycles. The summed E-state index contributed by atoms with van der Waals surface area (Å²) in [5.74, 6) is -1.90. The smallest absolute Gasteiger partial charge is 0.307 e. The number of aliphatic carboxylic acids is 1. The second-order valence-corrected chi connectivity index (χ2v) is 4.20. The van der Waals surface area contributed by atoms with Crippen molar-refractivity contribution >= 4 is 23.2 Å². The Labute approximate surface area is 90.1 Å². The van der Waals surface area contributed by atoms with Gasteiger partial charge in [-0.25, -0.2) is 4.98 Å². The fraction of sp³-hybridized carbons (Fsp3) is 0.444. The Hall–Kier alpha value is -1.43. The van der Waals surface area contributed by atoms with Crippen molar-refractivity contribution < 1.29 is 14.7 Å². The number of nitrogens with one attached hydrogen (secondary N) is 1. The summed E-state index contributed by atoms with van der Waals surface area (Å²) in [4.78, 5) is 25.9. The van der Waals surface area contributed by atoms with Gasteiger partial charge in [-0.15, -0.1) is 11.3 Å². The standard InChI is InChI=1S/C9H10N2O3S/c12-8(6-1-7(6)9(13)14)10-2-5-3-15-4-11-5/h3-4,6-7H,1-2H2,(H,10,12)(H,13,14). The lowest BCUT2D eigenvalue weighted by molar-refractivity contribution is -0.140. The number of nitrogens with zero attached hydrogens (tertiary/aromatic N) is 1. The van der Waals surface area contributed by atoms with Gasteiger partial charge in [-0.1, -0.05) is 0 Å². The Kier molecular flexibility index (Phi) is 2.68. The van der Waals surface area contributed by atoms with Crippen LogP contribution in [0.2, 0.25) is 0 Å². The number of amides is 1. The van der Waals surface area contributed by atoms with Gasteiger partial charge in [-0.3, -0.25) is 9.59 Å². The largest absolute Gasteiger partial charge is 0.481 e. The first-order valence-electron chi connectivity index (χ1n) is 4.56. The minimum Gasteiger partial charge on any atom is -0.481 e. The number of carbonyl (C=O) groups is 2. The number of carboxylic acids is 1. The summed E-state index contributed by atoms with van der Waals surface area (Å²) in [7, 11) is 0. The molecule has 2 unspecified atom stereocenters. The minimum absolute atomic E-state index is 0.185. The highest BCUT2D eigenvalue weighted by Gasteiger charge is 2.48. The van der Waals surface area contributed by atoms with E-state index in [0.717, 1.165) is 5.69 Å². The van der Waals surface area contributed by atoms with E-state index in [1.54, 1.807) is 5.51 Å². The van der Waals surface area contributed by atoms with Gasteiger partial charge < -0.3 is 10.4 Å².